The van der Waals surface area contributed by atoms with Crippen LogP contribution in [0.3, 0.4) is 0 Å². The number of nitrogens with one attached hydrogen (secondary N) is 2. The van der Waals surface area contributed by atoms with E-state index in [1.165, 1.54) is 35.3 Å². The van der Waals surface area contributed by atoms with Crippen molar-refractivity contribution in [3.8, 4) is 0 Å². The fraction of sp³-hybridized carbons (Fsp3) is 0.105. The zero-order valence-corrected chi connectivity index (χ0v) is 14.1. The Morgan fingerprint density at radius 2 is 2.12 bits per heavy atom. The first-order chi connectivity index (χ1) is 12.5. The lowest BCUT2D eigenvalue weighted by Gasteiger charge is -2.02. The van der Waals surface area contributed by atoms with E-state index in [0.717, 1.165) is 0 Å². The highest BCUT2D eigenvalue weighted by Crippen LogP contribution is 2.34. The zero-order valence-electron chi connectivity index (χ0n) is 14.1. The fourth-order valence-corrected chi connectivity index (χ4v) is 3.20. The van der Waals surface area contributed by atoms with Crippen LogP contribution < -0.4 is 5.32 Å². The molecule has 3 aromatic rings. The number of anilines is 1. The van der Waals surface area contributed by atoms with Crippen LogP contribution in [0.5, 0.6) is 0 Å². The molecule has 0 bridgehead atoms. The summed E-state index contributed by atoms with van der Waals surface area (Å²) < 4.78 is 15.0. The molecule has 0 fully saturated rings. The van der Waals surface area contributed by atoms with Gasteiger partial charge in [-0.2, -0.15) is 0 Å². The molecule has 1 aromatic carbocycles. The Bertz CT molecular complexity index is 1080. The number of H-pyrrole nitrogens is 1. The van der Waals surface area contributed by atoms with Gasteiger partial charge < -0.3 is 10.3 Å². The minimum atomic E-state index is -0.415. The number of nitrogens with zero attached hydrogens (tertiary/aromatic N) is 2. The van der Waals surface area contributed by atoms with Crippen molar-refractivity contribution in [3.63, 3.8) is 0 Å². The van der Waals surface area contributed by atoms with Gasteiger partial charge in [0.1, 0.15) is 12.1 Å². The first kappa shape index (κ1) is 16.0. The van der Waals surface area contributed by atoms with Crippen molar-refractivity contribution in [2.45, 2.75) is 13.8 Å². The summed E-state index contributed by atoms with van der Waals surface area (Å²) in [4.78, 5) is 32.0. The molecule has 6 nitrogen and oxygen atoms in total. The van der Waals surface area contributed by atoms with E-state index < -0.39 is 5.82 Å². The molecule has 0 saturated carbocycles. The van der Waals surface area contributed by atoms with Crippen LogP contribution in [0.2, 0.25) is 0 Å². The number of hydrogen-bond donors (Lipinski definition) is 2. The first-order valence-electron chi connectivity index (χ1n) is 8.00. The number of carbonyl (C=O) groups excluding carboxylic acids is 2. The van der Waals surface area contributed by atoms with Gasteiger partial charge in [-0.3, -0.25) is 14.2 Å². The van der Waals surface area contributed by atoms with E-state index >= 15 is 0 Å². The second-order valence-corrected chi connectivity index (χ2v) is 6.14. The Morgan fingerprint density at radius 3 is 2.85 bits per heavy atom. The third kappa shape index (κ3) is 2.45. The molecule has 2 aromatic heterocycles. The quantitative estimate of drug-likeness (QED) is 0.697. The van der Waals surface area contributed by atoms with E-state index in [2.05, 4.69) is 15.3 Å². The maximum atomic E-state index is 13.6. The molecule has 0 saturated heterocycles. The molecule has 0 radical (unpaired) electrons. The summed E-state index contributed by atoms with van der Waals surface area (Å²) in [5.74, 6) is -0.929. The highest BCUT2D eigenvalue weighted by atomic mass is 19.1. The minimum Gasteiger partial charge on any atom is -0.358 e. The van der Waals surface area contributed by atoms with Crippen LogP contribution >= 0.6 is 0 Å². The lowest BCUT2D eigenvalue weighted by atomic mass is 10.0. The molecule has 1 aliphatic heterocycles. The Balaban J connectivity index is 1.80. The number of benzene rings is 1. The molecular formula is C19H15FN4O2. The van der Waals surface area contributed by atoms with Gasteiger partial charge in [-0.1, -0.05) is 0 Å². The van der Waals surface area contributed by atoms with Gasteiger partial charge in [-0.15, -0.1) is 0 Å². The van der Waals surface area contributed by atoms with Crippen LogP contribution in [-0.2, 0) is 4.79 Å². The molecule has 2 N–H and O–H groups in total. The summed E-state index contributed by atoms with van der Waals surface area (Å²) >= 11 is 0. The van der Waals surface area contributed by atoms with Gasteiger partial charge >= 0.3 is 0 Å². The zero-order chi connectivity index (χ0) is 18.4. The fourth-order valence-electron chi connectivity index (χ4n) is 3.20. The average molecular weight is 350 g/mol. The van der Waals surface area contributed by atoms with E-state index in [4.69, 9.17) is 0 Å². The molecule has 0 atom stereocenters. The lowest BCUT2D eigenvalue weighted by Crippen LogP contribution is -2.11. The largest absolute Gasteiger partial charge is 0.358 e. The number of carbonyl (C=O) groups is 2. The topological polar surface area (TPSA) is 79.8 Å². The van der Waals surface area contributed by atoms with Crippen molar-refractivity contribution in [1.29, 1.82) is 0 Å². The summed E-state index contributed by atoms with van der Waals surface area (Å²) in [6.07, 6.45) is 6.20. The van der Waals surface area contributed by atoms with Gasteiger partial charge in [0.25, 0.3) is 11.8 Å². The molecule has 1 aliphatic rings. The number of aryl methyl sites for hydroxylation is 1. The number of rotatable bonds is 2. The third-order valence-electron chi connectivity index (χ3n) is 4.48. The normalized spacial score (nSPS) is 14.6. The smallest absolute Gasteiger partial charge is 0.265 e. The van der Waals surface area contributed by atoms with Crippen LogP contribution in [0, 0.1) is 19.7 Å². The Kier molecular flexibility index (Phi) is 3.57. The predicted molar refractivity (Wildman–Crippen MR) is 95.1 cm³/mol. The van der Waals surface area contributed by atoms with Gasteiger partial charge in [0.15, 0.2) is 0 Å². The van der Waals surface area contributed by atoms with Gasteiger partial charge in [0.2, 0.25) is 0 Å². The van der Waals surface area contributed by atoms with E-state index in [-0.39, 0.29) is 11.8 Å². The number of halogens is 1. The standard InChI is InChI=1S/C19H15FN4O2/c1-10-16(22-11(2)17(10)19(26)24-6-5-21-9-24)8-14-13-7-12(20)3-4-15(13)23-18(14)25/h3-9,22H,1-2H3,(H,23,25)/b14-8-. The maximum Gasteiger partial charge on any atom is 0.265 e. The van der Waals surface area contributed by atoms with Crippen LogP contribution in [0.15, 0.2) is 36.9 Å². The summed E-state index contributed by atoms with van der Waals surface area (Å²) in [5.41, 5.74) is 3.98. The van der Waals surface area contributed by atoms with E-state index in [9.17, 15) is 14.0 Å². The van der Waals surface area contributed by atoms with E-state index in [1.54, 1.807) is 26.1 Å². The van der Waals surface area contributed by atoms with Crippen LogP contribution in [0.4, 0.5) is 10.1 Å². The van der Waals surface area contributed by atoms with Crippen LogP contribution in [0.25, 0.3) is 11.6 Å². The van der Waals surface area contributed by atoms with Crippen LogP contribution in [0.1, 0.15) is 32.9 Å². The Labute approximate surface area is 148 Å². The monoisotopic (exact) mass is 350 g/mol. The van der Waals surface area contributed by atoms with E-state index in [0.29, 0.717) is 39.3 Å². The molecule has 26 heavy (non-hydrogen) atoms. The first-order valence-corrected chi connectivity index (χ1v) is 8.00. The molecule has 0 spiro atoms. The van der Waals surface area contributed by atoms with Crippen molar-refractivity contribution < 1.29 is 14.0 Å². The molecule has 3 heterocycles. The molecule has 130 valence electrons. The second-order valence-electron chi connectivity index (χ2n) is 6.14. The summed E-state index contributed by atoms with van der Waals surface area (Å²) in [7, 11) is 0. The third-order valence-corrected chi connectivity index (χ3v) is 4.48. The highest BCUT2D eigenvalue weighted by Gasteiger charge is 2.26. The highest BCUT2D eigenvalue weighted by molar-refractivity contribution is 6.34. The molecule has 1 amide bonds. The van der Waals surface area contributed by atoms with Crippen molar-refractivity contribution in [3.05, 3.63) is 70.8 Å². The molecule has 0 aliphatic carbocycles. The summed E-state index contributed by atoms with van der Waals surface area (Å²) in [6, 6.07) is 4.15. The summed E-state index contributed by atoms with van der Waals surface area (Å²) in [5, 5.41) is 2.71. The van der Waals surface area contributed by atoms with Gasteiger partial charge in [-0.05, 0) is 43.7 Å². The Morgan fingerprint density at radius 1 is 1.31 bits per heavy atom. The van der Waals surface area contributed by atoms with Gasteiger partial charge in [0.05, 0.1) is 11.1 Å². The Hall–Kier alpha value is -3.48. The number of amides is 1. The molecule has 0 unspecified atom stereocenters. The number of imidazole rings is 1. The average Bonchev–Trinajstić information content (AvgIpc) is 3.29. The second kappa shape index (κ2) is 5.80. The number of aromatic nitrogens is 3. The molecule has 7 heteroatoms. The number of aromatic amines is 1. The predicted octanol–water partition coefficient (Wildman–Crippen LogP) is 3.15. The van der Waals surface area contributed by atoms with E-state index in [1.807, 2.05) is 0 Å². The number of fused-ring (bicyclic) bond motifs is 1. The van der Waals surface area contributed by atoms with Gasteiger partial charge in [-0.25, -0.2) is 9.37 Å². The SMILES string of the molecule is Cc1[nH]c(/C=C2\C(=O)Nc3ccc(F)cc32)c(C)c1C(=O)n1ccnc1. The molecular weight excluding hydrogens is 335 g/mol. The molecule has 4 rings (SSSR count). The summed E-state index contributed by atoms with van der Waals surface area (Å²) in [6.45, 7) is 3.60. The number of hydrogen-bond acceptors (Lipinski definition) is 3. The van der Waals surface area contributed by atoms with Crippen molar-refractivity contribution in [2.24, 2.45) is 0 Å². The van der Waals surface area contributed by atoms with Crippen LogP contribution in [-0.4, -0.2) is 26.3 Å². The van der Waals surface area contributed by atoms with Crippen molar-refractivity contribution in [2.75, 3.05) is 5.32 Å². The van der Waals surface area contributed by atoms with Crippen molar-refractivity contribution in [1.82, 2.24) is 14.5 Å². The minimum absolute atomic E-state index is 0.208. The lowest BCUT2D eigenvalue weighted by molar-refractivity contribution is -0.110. The van der Waals surface area contributed by atoms with Crippen molar-refractivity contribution >= 4 is 29.2 Å². The van der Waals surface area contributed by atoms with Gasteiger partial charge in [0, 0.05) is 35.0 Å². The maximum absolute atomic E-state index is 13.6.